The molecular formula is C42H22O16. The summed E-state index contributed by atoms with van der Waals surface area (Å²) < 4.78 is 0. The second-order valence-electron chi connectivity index (χ2n) is 12.8. The van der Waals surface area contributed by atoms with Crippen LogP contribution in [-0.2, 0) is 0 Å². The normalized spacial score (nSPS) is 11.2. The third kappa shape index (κ3) is 5.55. The van der Waals surface area contributed by atoms with E-state index in [1.807, 2.05) is 12.1 Å². The number of carboxylic acids is 8. The fraction of sp³-hybridized carbons (Fsp3) is 0. The van der Waals surface area contributed by atoms with Gasteiger partial charge in [-0.3, -0.25) is 0 Å². The highest BCUT2D eigenvalue weighted by Crippen LogP contribution is 2.45. The number of aromatic carboxylic acids is 8. The lowest BCUT2D eigenvalue weighted by atomic mass is 9.81. The Morgan fingerprint density at radius 3 is 1.09 bits per heavy atom. The van der Waals surface area contributed by atoms with E-state index in [9.17, 15) is 79.2 Å². The average molecular weight is 783 g/mol. The molecule has 8 aromatic carbocycles. The smallest absolute Gasteiger partial charge is 0.337 e. The average Bonchev–Trinajstić information content (AvgIpc) is 3.16. The van der Waals surface area contributed by atoms with Crippen molar-refractivity contribution in [2.24, 2.45) is 0 Å². The van der Waals surface area contributed by atoms with Gasteiger partial charge in [0.25, 0.3) is 0 Å². The van der Waals surface area contributed by atoms with Crippen molar-refractivity contribution in [2.45, 2.75) is 0 Å². The van der Waals surface area contributed by atoms with Gasteiger partial charge in [0.2, 0.25) is 0 Å². The predicted molar refractivity (Wildman–Crippen MR) is 205 cm³/mol. The van der Waals surface area contributed by atoms with E-state index in [0.29, 0.717) is 32.3 Å². The van der Waals surface area contributed by atoms with Crippen molar-refractivity contribution in [2.75, 3.05) is 0 Å². The summed E-state index contributed by atoms with van der Waals surface area (Å²) in [6.45, 7) is 0. The van der Waals surface area contributed by atoms with Gasteiger partial charge in [-0.1, -0.05) is 66.7 Å². The van der Waals surface area contributed by atoms with Gasteiger partial charge in [-0.05, 0) is 66.7 Å². The Labute approximate surface area is 320 Å². The molecule has 0 atom stereocenters. The van der Waals surface area contributed by atoms with Gasteiger partial charge in [-0.15, -0.1) is 0 Å². The summed E-state index contributed by atoms with van der Waals surface area (Å²) in [7, 11) is 0. The highest BCUT2D eigenvalue weighted by Gasteiger charge is 2.35. The highest BCUT2D eigenvalue weighted by molar-refractivity contribution is 6.40. The molecule has 8 N–H and O–H groups in total. The molecule has 0 saturated carbocycles. The van der Waals surface area contributed by atoms with Crippen LogP contribution in [0.3, 0.4) is 0 Å². The van der Waals surface area contributed by atoms with E-state index in [4.69, 9.17) is 0 Å². The van der Waals surface area contributed by atoms with Crippen LogP contribution in [0.1, 0.15) is 82.9 Å². The van der Waals surface area contributed by atoms with E-state index < -0.39 is 92.3 Å². The first-order valence-corrected chi connectivity index (χ1v) is 16.6. The molecule has 0 aromatic heterocycles. The zero-order valence-corrected chi connectivity index (χ0v) is 28.9. The van der Waals surface area contributed by atoms with E-state index in [2.05, 4.69) is 0 Å². The summed E-state index contributed by atoms with van der Waals surface area (Å²) in [6, 6.07) is 22.5. The Kier molecular flexibility index (Phi) is 8.81. The topological polar surface area (TPSA) is 298 Å². The van der Waals surface area contributed by atoms with E-state index in [1.54, 1.807) is 48.5 Å². The summed E-state index contributed by atoms with van der Waals surface area (Å²) in [4.78, 5) is 95.4. The lowest BCUT2D eigenvalue weighted by Gasteiger charge is -2.20. The van der Waals surface area contributed by atoms with Crippen molar-refractivity contribution >= 4 is 112 Å². The Morgan fingerprint density at radius 2 is 0.655 bits per heavy atom. The van der Waals surface area contributed by atoms with Crippen LogP contribution in [0.5, 0.6) is 0 Å². The minimum Gasteiger partial charge on any atom is -0.478 e. The number of hydrogen-bond donors (Lipinski definition) is 8. The first kappa shape index (κ1) is 37.6. The standard InChI is InChI=1S/C24H12O8.C18H10O8/c25-21(26)13-8-7-11-10-5-1-3-9-4-2-6-12(14(9)10)16-15(11)17(13)19(23(29)30)20(24(31)32)18(16)22(27)28;19-15(20)11-9-5-7-3-1-2-4-8(7)6-10(9)12(16(21)22)14(18(25)26)13(11)17(23)24/h1-8H,(H,25,26)(H,27,28)(H,29,30)(H,31,32);1-6H,(H,19,20)(H,21,22)(H,23,24)(H,25,26). The number of benzene rings is 8. The van der Waals surface area contributed by atoms with Crippen molar-refractivity contribution in [3.05, 3.63) is 129 Å². The Bertz CT molecular complexity index is 3150. The van der Waals surface area contributed by atoms with Crippen molar-refractivity contribution in [3.63, 3.8) is 0 Å². The Morgan fingerprint density at radius 1 is 0.276 bits per heavy atom. The van der Waals surface area contributed by atoms with Crippen LogP contribution in [0.25, 0.3) is 64.6 Å². The van der Waals surface area contributed by atoms with Crippen molar-refractivity contribution in [3.8, 4) is 0 Å². The molecule has 16 nitrogen and oxygen atoms in total. The zero-order valence-electron chi connectivity index (χ0n) is 28.9. The lowest BCUT2D eigenvalue weighted by Crippen LogP contribution is -2.20. The number of fused-ring (bicyclic) bond motifs is 4. The van der Waals surface area contributed by atoms with E-state index >= 15 is 0 Å². The molecule has 0 heterocycles. The van der Waals surface area contributed by atoms with Crippen LogP contribution in [0.2, 0.25) is 0 Å². The van der Waals surface area contributed by atoms with Crippen molar-refractivity contribution in [1.82, 2.24) is 0 Å². The fourth-order valence-electron chi connectivity index (χ4n) is 7.75. The molecule has 0 spiro atoms. The van der Waals surface area contributed by atoms with Gasteiger partial charge in [0, 0.05) is 16.2 Å². The molecule has 58 heavy (non-hydrogen) atoms. The first-order valence-electron chi connectivity index (χ1n) is 16.6. The quantitative estimate of drug-likeness (QED) is 0.0553. The predicted octanol–water partition coefficient (Wildman–Crippen LogP) is 7.32. The van der Waals surface area contributed by atoms with Gasteiger partial charge in [0.1, 0.15) is 0 Å². The van der Waals surface area contributed by atoms with Gasteiger partial charge in [-0.25, -0.2) is 38.4 Å². The monoisotopic (exact) mass is 782 g/mol. The van der Waals surface area contributed by atoms with Crippen LogP contribution in [0, 0.1) is 0 Å². The minimum atomic E-state index is -1.84. The molecular weight excluding hydrogens is 760 g/mol. The maximum atomic E-state index is 12.3. The van der Waals surface area contributed by atoms with Gasteiger partial charge < -0.3 is 40.9 Å². The number of carboxylic acid groups (broad SMARTS) is 8. The molecule has 0 saturated heterocycles. The second-order valence-corrected chi connectivity index (χ2v) is 12.8. The molecule has 286 valence electrons. The van der Waals surface area contributed by atoms with Crippen LogP contribution in [0.15, 0.2) is 84.9 Å². The third-order valence-electron chi connectivity index (χ3n) is 9.82. The fourth-order valence-corrected chi connectivity index (χ4v) is 7.75. The molecule has 16 heteroatoms. The molecule has 8 aromatic rings. The molecule has 0 unspecified atom stereocenters. The van der Waals surface area contributed by atoms with E-state index in [0.717, 1.165) is 5.39 Å². The van der Waals surface area contributed by atoms with Crippen LogP contribution in [0.4, 0.5) is 0 Å². The third-order valence-corrected chi connectivity index (χ3v) is 9.82. The number of rotatable bonds is 8. The summed E-state index contributed by atoms with van der Waals surface area (Å²) in [5, 5.41) is 80.9. The van der Waals surface area contributed by atoms with Gasteiger partial charge in [0.15, 0.2) is 0 Å². The number of carbonyl (C=O) groups is 8. The van der Waals surface area contributed by atoms with Gasteiger partial charge in [0.05, 0.1) is 44.5 Å². The largest absolute Gasteiger partial charge is 0.478 e. The summed E-state index contributed by atoms with van der Waals surface area (Å²) in [6.07, 6.45) is 0. The molecule has 0 amide bonds. The molecule has 0 aliphatic rings. The summed E-state index contributed by atoms with van der Waals surface area (Å²) in [5.74, 6) is -13.6. The second kappa shape index (κ2) is 13.6. The van der Waals surface area contributed by atoms with Crippen LogP contribution < -0.4 is 0 Å². The molecule has 0 fully saturated rings. The molecule has 0 aliphatic heterocycles. The number of hydrogen-bond acceptors (Lipinski definition) is 8. The van der Waals surface area contributed by atoms with E-state index in [-0.39, 0.29) is 26.9 Å². The first-order chi connectivity index (χ1) is 27.5. The Hall–Kier alpha value is -8.66. The molecule has 0 bridgehead atoms. The maximum Gasteiger partial charge on any atom is 0.337 e. The van der Waals surface area contributed by atoms with Crippen molar-refractivity contribution in [1.29, 1.82) is 0 Å². The molecule has 0 radical (unpaired) electrons. The summed E-state index contributed by atoms with van der Waals surface area (Å²) >= 11 is 0. The minimum absolute atomic E-state index is 0.00250. The maximum absolute atomic E-state index is 12.3. The van der Waals surface area contributed by atoms with Crippen LogP contribution in [-0.4, -0.2) is 88.6 Å². The van der Waals surface area contributed by atoms with Gasteiger partial charge >= 0.3 is 47.8 Å². The van der Waals surface area contributed by atoms with Crippen molar-refractivity contribution < 1.29 is 79.2 Å². The lowest BCUT2D eigenvalue weighted by molar-refractivity contribution is 0.0621. The Balaban J connectivity index is 0.000000181. The zero-order chi connectivity index (χ0) is 42.1. The van der Waals surface area contributed by atoms with Crippen LogP contribution >= 0.6 is 0 Å². The molecule has 8 rings (SSSR count). The van der Waals surface area contributed by atoms with Gasteiger partial charge in [-0.2, -0.15) is 0 Å². The summed E-state index contributed by atoms with van der Waals surface area (Å²) in [5.41, 5.74) is -6.58. The SMILES string of the molecule is O=C(O)c1c(C(=O)O)c(C(=O)O)c2cc3ccccc3cc2c1C(=O)O.O=C(O)c1c(C(=O)O)c2c(C(=O)O)ccc3c4cccc5cccc(c(c1C(=O)O)c23)c54. The highest BCUT2D eigenvalue weighted by atomic mass is 16.4. The molecule has 0 aliphatic carbocycles. The van der Waals surface area contributed by atoms with E-state index in [1.165, 1.54) is 24.3 Å².